The van der Waals surface area contributed by atoms with Gasteiger partial charge < -0.3 is 5.73 Å². The van der Waals surface area contributed by atoms with Crippen LogP contribution < -0.4 is 5.73 Å². The third-order valence-corrected chi connectivity index (χ3v) is 3.19. The Kier molecular flexibility index (Phi) is 1.34. The van der Waals surface area contributed by atoms with Crippen LogP contribution in [0.5, 0.6) is 0 Å². The van der Waals surface area contributed by atoms with E-state index in [1.54, 1.807) is 0 Å². The molecule has 0 spiro atoms. The summed E-state index contributed by atoms with van der Waals surface area (Å²) >= 11 is 0. The van der Waals surface area contributed by atoms with E-state index in [0.717, 1.165) is 17.8 Å². The van der Waals surface area contributed by atoms with Gasteiger partial charge in [-0.2, -0.15) is 0 Å². The Morgan fingerprint density at radius 3 is 2.50 bits per heavy atom. The van der Waals surface area contributed by atoms with Gasteiger partial charge in [-0.1, -0.05) is 12.5 Å². The molecule has 0 aromatic rings. The summed E-state index contributed by atoms with van der Waals surface area (Å²) in [6, 6.07) is 0.287. The van der Waals surface area contributed by atoms with Crippen LogP contribution in [0.25, 0.3) is 0 Å². The molecule has 0 heterocycles. The number of nitrogens with two attached hydrogens (primary N) is 1. The Bertz CT molecular complexity index is 143. The highest BCUT2D eigenvalue weighted by Gasteiger charge is 2.54. The Labute approximate surface area is 62.3 Å². The topological polar surface area (TPSA) is 26.0 Å². The molecule has 0 aromatic heterocycles. The summed E-state index contributed by atoms with van der Waals surface area (Å²) in [7, 11) is 0. The summed E-state index contributed by atoms with van der Waals surface area (Å²) in [6.07, 6.45) is 6.20. The Morgan fingerprint density at radius 2 is 2.00 bits per heavy atom. The second-order valence-electron chi connectivity index (χ2n) is 3.65. The maximum atomic E-state index is 5.85. The fourth-order valence-corrected chi connectivity index (χ4v) is 2.60. The van der Waals surface area contributed by atoms with Crippen molar-refractivity contribution in [3.63, 3.8) is 0 Å². The fourth-order valence-electron chi connectivity index (χ4n) is 2.60. The SMILES string of the molecule is C=CC(N)C1C2CCCC21. The van der Waals surface area contributed by atoms with Gasteiger partial charge in [0.05, 0.1) is 0 Å². The van der Waals surface area contributed by atoms with Crippen molar-refractivity contribution in [2.75, 3.05) is 0 Å². The highest BCUT2D eigenvalue weighted by Crippen LogP contribution is 2.58. The summed E-state index contributed by atoms with van der Waals surface area (Å²) in [4.78, 5) is 0. The van der Waals surface area contributed by atoms with Gasteiger partial charge in [0.1, 0.15) is 0 Å². The van der Waals surface area contributed by atoms with Gasteiger partial charge in [-0.3, -0.25) is 0 Å². The molecule has 2 saturated carbocycles. The number of rotatable bonds is 2. The molecule has 0 bridgehead atoms. The molecule has 2 aliphatic carbocycles. The Hall–Kier alpha value is -0.300. The summed E-state index contributed by atoms with van der Waals surface area (Å²) in [5.74, 6) is 2.77. The van der Waals surface area contributed by atoms with Crippen molar-refractivity contribution in [2.45, 2.75) is 25.3 Å². The molecule has 3 atom stereocenters. The van der Waals surface area contributed by atoms with Gasteiger partial charge in [-0.15, -0.1) is 6.58 Å². The maximum absolute atomic E-state index is 5.85. The van der Waals surface area contributed by atoms with E-state index in [-0.39, 0.29) is 6.04 Å². The Balaban J connectivity index is 1.94. The van der Waals surface area contributed by atoms with E-state index in [1.807, 2.05) is 6.08 Å². The van der Waals surface area contributed by atoms with Gasteiger partial charge in [0.15, 0.2) is 0 Å². The van der Waals surface area contributed by atoms with Crippen LogP contribution in [0.3, 0.4) is 0 Å². The molecular formula is C9H15N. The molecule has 0 saturated heterocycles. The first-order valence-corrected chi connectivity index (χ1v) is 4.22. The highest BCUT2D eigenvalue weighted by atomic mass is 14.7. The zero-order chi connectivity index (χ0) is 7.14. The number of hydrogen-bond donors (Lipinski definition) is 1. The van der Waals surface area contributed by atoms with Crippen LogP contribution in [0, 0.1) is 17.8 Å². The predicted molar refractivity (Wildman–Crippen MR) is 42.5 cm³/mol. The van der Waals surface area contributed by atoms with Gasteiger partial charge in [0, 0.05) is 6.04 Å². The van der Waals surface area contributed by atoms with Crippen molar-refractivity contribution >= 4 is 0 Å². The average Bonchev–Trinajstić information content (AvgIpc) is 2.43. The zero-order valence-electron chi connectivity index (χ0n) is 6.29. The normalized spacial score (nSPS) is 46.3. The summed E-state index contributed by atoms with van der Waals surface area (Å²) < 4.78 is 0. The molecule has 2 fully saturated rings. The molecule has 0 aromatic carbocycles. The largest absolute Gasteiger partial charge is 0.324 e. The lowest BCUT2D eigenvalue weighted by molar-refractivity contribution is 0.542. The second-order valence-corrected chi connectivity index (χ2v) is 3.65. The Morgan fingerprint density at radius 1 is 1.40 bits per heavy atom. The fraction of sp³-hybridized carbons (Fsp3) is 0.778. The van der Waals surface area contributed by atoms with E-state index in [9.17, 15) is 0 Å². The minimum atomic E-state index is 0.287. The number of fused-ring (bicyclic) bond motifs is 1. The third kappa shape index (κ3) is 0.734. The average molecular weight is 137 g/mol. The van der Waals surface area contributed by atoms with Gasteiger partial charge in [-0.25, -0.2) is 0 Å². The molecule has 3 unspecified atom stereocenters. The van der Waals surface area contributed by atoms with E-state index in [4.69, 9.17) is 5.73 Å². The van der Waals surface area contributed by atoms with Crippen LogP contribution in [-0.2, 0) is 0 Å². The summed E-state index contributed by atoms with van der Waals surface area (Å²) in [5, 5.41) is 0. The van der Waals surface area contributed by atoms with Crippen molar-refractivity contribution in [1.29, 1.82) is 0 Å². The standard InChI is InChI=1S/C9H15N/c1-2-8(10)9-6-4-3-5-7(6)9/h2,6-9H,1,3-5,10H2. The maximum Gasteiger partial charge on any atom is 0.0255 e. The summed E-state index contributed by atoms with van der Waals surface area (Å²) in [5.41, 5.74) is 5.85. The molecule has 10 heavy (non-hydrogen) atoms. The van der Waals surface area contributed by atoms with Crippen LogP contribution in [0.4, 0.5) is 0 Å². The molecular weight excluding hydrogens is 122 g/mol. The minimum absolute atomic E-state index is 0.287. The molecule has 0 amide bonds. The van der Waals surface area contributed by atoms with Crippen molar-refractivity contribution in [1.82, 2.24) is 0 Å². The molecule has 56 valence electrons. The quantitative estimate of drug-likeness (QED) is 0.574. The van der Waals surface area contributed by atoms with E-state index in [1.165, 1.54) is 19.3 Å². The first-order valence-electron chi connectivity index (χ1n) is 4.22. The lowest BCUT2D eigenvalue weighted by Gasteiger charge is -2.06. The van der Waals surface area contributed by atoms with E-state index < -0.39 is 0 Å². The monoisotopic (exact) mass is 137 g/mol. The van der Waals surface area contributed by atoms with Crippen LogP contribution in [-0.4, -0.2) is 6.04 Å². The van der Waals surface area contributed by atoms with Crippen molar-refractivity contribution in [3.8, 4) is 0 Å². The first kappa shape index (κ1) is 6.41. The second kappa shape index (κ2) is 2.09. The molecule has 0 radical (unpaired) electrons. The van der Waals surface area contributed by atoms with Gasteiger partial charge in [-0.05, 0) is 30.6 Å². The zero-order valence-corrected chi connectivity index (χ0v) is 6.29. The lowest BCUT2D eigenvalue weighted by Crippen LogP contribution is -2.21. The third-order valence-electron chi connectivity index (χ3n) is 3.19. The van der Waals surface area contributed by atoms with E-state index in [0.29, 0.717) is 0 Å². The molecule has 2 rings (SSSR count). The first-order chi connectivity index (χ1) is 4.84. The highest BCUT2D eigenvalue weighted by molar-refractivity contribution is 5.09. The van der Waals surface area contributed by atoms with Crippen molar-refractivity contribution < 1.29 is 0 Å². The van der Waals surface area contributed by atoms with Gasteiger partial charge in [0.2, 0.25) is 0 Å². The smallest absolute Gasteiger partial charge is 0.0255 e. The van der Waals surface area contributed by atoms with E-state index >= 15 is 0 Å². The lowest BCUT2D eigenvalue weighted by atomic mass is 10.1. The minimum Gasteiger partial charge on any atom is -0.324 e. The molecule has 2 aliphatic rings. The van der Waals surface area contributed by atoms with Crippen LogP contribution in [0.15, 0.2) is 12.7 Å². The van der Waals surface area contributed by atoms with Crippen LogP contribution >= 0.6 is 0 Å². The molecule has 1 nitrogen and oxygen atoms in total. The van der Waals surface area contributed by atoms with Crippen molar-refractivity contribution in [3.05, 3.63) is 12.7 Å². The van der Waals surface area contributed by atoms with Gasteiger partial charge in [0.25, 0.3) is 0 Å². The van der Waals surface area contributed by atoms with Crippen LogP contribution in [0.1, 0.15) is 19.3 Å². The number of hydrogen-bond acceptors (Lipinski definition) is 1. The molecule has 1 heteroatoms. The summed E-state index contributed by atoms with van der Waals surface area (Å²) in [6.45, 7) is 3.72. The van der Waals surface area contributed by atoms with Gasteiger partial charge >= 0.3 is 0 Å². The van der Waals surface area contributed by atoms with E-state index in [2.05, 4.69) is 6.58 Å². The van der Waals surface area contributed by atoms with Crippen LogP contribution in [0.2, 0.25) is 0 Å². The predicted octanol–water partition coefficient (Wildman–Crippen LogP) is 1.55. The van der Waals surface area contributed by atoms with Crippen molar-refractivity contribution in [2.24, 2.45) is 23.5 Å². The molecule has 0 aliphatic heterocycles. The molecule has 2 N–H and O–H groups in total.